The number of anilines is 3. The van der Waals surface area contributed by atoms with Gasteiger partial charge in [0.25, 0.3) is 0 Å². The molecule has 200 valence electrons. The van der Waals surface area contributed by atoms with E-state index in [1.54, 1.807) is 6.20 Å². The fourth-order valence-electron chi connectivity index (χ4n) is 4.74. The van der Waals surface area contributed by atoms with Crippen LogP contribution in [0.4, 0.5) is 16.5 Å². The molecule has 39 heavy (non-hydrogen) atoms. The fraction of sp³-hybridized carbons (Fsp3) is 0.310. The van der Waals surface area contributed by atoms with Crippen molar-refractivity contribution in [3.63, 3.8) is 0 Å². The molecule has 3 heterocycles. The number of nitrogen functional groups attached to an aromatic ring is 1. The van der Waals surface area contributed by atoms with E-state index in [0.717, 1.165) is 60.3 Å². The molecule has 1 fully saturated rings. The zero-order valence-corrected chi connectivity index (χ0v) is 24.5. The molecule has 10 heteroatoms. The minimum atomic E-state index is -0.191. The topological polar surface area (TPSA) is 103 Å². The molecule has 6 rings (SSSR count). The lowest BCUT2D eigenvalue weighted by atomic mass is 9.96. The molecule has 6 N–H and O–H groups in total. The minimum absolute atomic E-state index is 0.0793. The molecule has 0 bridgehead atoms. The van der Waals surface area contributed by atoms with Crippen LogP contribution in [-0.4, -0.2) is 27.6 Å². The van der Waals surface area contributed by atoms with E-state index in [-0.39, 0.29) is 11.5 Å². The highest BCUT2D eigenvalue weighted by molar-refractivity contribution is 9.10. The van der Waals surface area contributed by atoms with Gasteiger partial charge in [-0.2, -0.15) is 0 Å². The number of hydrazine groups is 2. The molecule has 2 aliphatic rings. The number of hydrogen-bond acceptors (Lipinski definition) is 9. The summed E-state index contributed by atoms with van der Waals surface area (Å²) in [5.74, 6) is 2.81. The SMILES string of the molecule is C#Cc1cnc2c(Br)cc(N[C@H](C3=CN(C4CC4)NN3)c3cccc4nc(N)sc34)cc2c1NCC(C)(C)C. The Kier molecular flexibility index (Phi) is 6.53. The fourth-order valence-corrected chi connectivity index (χ4v) is 6.18. The molecule has 2 aromatic carbocycles. The third kappa shape index (κ3) is 5.22. The Hall–Kier alpha value is -3.52. The van der Waals surface area contributed by atoms with E-state index in [4.69, 9.17) is 12.2 Å². The summed E-state index contributed by atoms with van der Waals surface area (Å²) >= 11 is 5.28. The van der Waals surface area contributed by atoms with Gasteiger partial charge in [0.05, 0.1) is 38.7 Å². The molecular formula is C29H31BrN8S. The van der Waals surface area contributed by atoms with Crippen LogP contribution in [0, 0.1) is 17.8 Å². The molecule has 0 unspecified atom stereocenters. The summed E-state index contributed by atoms with van der Waals surface area (Å²) in [6.07, 6.45) is 12.2. The molecule has 1 aliphatic carbocycles. The van der Waals surface area contributed by atoms with Crippen LogP contribution >= 0.6 is 27.3 Å². The average Bonchev–Trinajstić information content (AvgIpc) is 3.49. The van der Waals surface area contributed by atoms with Crippen LogP contribution in [0.1, 0.15) is 50.8 Å². The van der Waals surface area contributed by atoms with Gasteiger partial charge in [-0.05, 0) is 57.9 Å². The Morgan fingerprint density at radius 3 is 2.87 bits per heavy atom. The zero-order valence-electron chi connectivity index (χ0n) is 22.1. The summed E-state index contributed by atoms with van der Waals surface area (Å²) in [4.78, 5) is 9.20. The molecule has 2 aromatic heterocycles. The Bertz CT molecular complexity index is 1640. The van der Waals surface area contributed by atoms with Gasteiger partial charge in [0, 0.05) is 40.5 Å². The van der Waals surface area contributed by atoms with E-state index in [0.29, 0.717) is 11.2 Å². The number of aromatic nitrogens is 2. The molecule has 4 aromatic rings. The second kappa shape index (κ2) is 9.90. The second-order valence-corrected chi connectivity index (χ2v) is 13.1. The first kappa shape index (κ1) is 25.7. The number of nitrogens with two attached hydrogens (primary N) is 1. The smallest absolute Gasteiger partial charge is 0.181 e. The van der Waals surface area contributed by atoms with Gasteiger partial charge in [-0.3, -0.25) is 9.99 Å². The summed E-state index contributed by atoms with van der Waals surface area (Å²) in [5, 5.41) is 11.1. The van der Waals surface area contributed by atoms with Gasteiger partial charge in [-0.25, -0.2) is 4.98 Å². The Morgan fingerprint density at radius 2 is 2.13 bits per heavy atom. The number of nitrogens with one attached hydrogen (secondary N) is 4. The summed E-state index contributed by atoms with van der Waals surface area (Å²) < 4.78 is 1.94. The molecule has 1 aliphatic heterocycles. The van der Waals surface area contributed by atoms with Gasteiger partial charge >= 0.3 is 0 Å². The zero-order chi connectivity index (χ0) is 27.3. The number of nitrogens with zero attached hydrogens (tertiary/aromatic N) is 3. The van der Waals surface area contributed by atoms with Crippen molar-refractivity contribution < 1.29 is 0 Å². The molecular weight excluding hydrogens is 572 g/mol. The maximum absolute atomic E-state index is 6.12. The van der Waals surface area contributed by atoms with E-state index in [1.807, 2.05) is 12.1 Å². The number of hydrogen-bond donors (Lipinski definition) is 5. The molecule has 0 spiro atoms. The highest BCUT2D eigenvalue weighted by Crippen LogP contribution is 2.39. The minimum Gasteiger partial charge on any atom is -0.383 e. The van der Waals surface area contributed by atoms with Gasteiger partial charge < -0.3 is 21.8 Å². The predicted octanol–water partition coefficient (Wildman–Crippen LogP) is 6.11. The number of terminal acetylenes is 1. The number of benzene rings is 2. The lowest BCUT2D eigenvalue weighted by Gasteiger charge is -2.24. The standard InChI is InChI=1S/C29H31BrN8S/c1-5-16-13-32-25-20(24(16)33-15-29(2,3)4)11-17(12-21(25)30)34-26(23-14-38(37-36-23)18-9-10-18)19-7-6-8-22-27(19)39-28(31)35-22/h1,6-8,11-14,18,26,34,36-37H,9-10,15H2,2-4H3,(H2,31,35)(H,32,33)/t26-/m0/s1. The Balaban J connectivity index is 1.45. The van der Waals surface area contributed by atoms with Crippen LogP contribution in [0.2, 0.25) is 0 Å². The van der Waals surface area contributed by atoms with Crippen LogP contribution in [0.25, 0.3) is 21.1 Å². The number of rotatable bonds is 7. The maximum atomic E-state index is 6.12. The molecule has 0 amide bonds. The van der Waals surface area contributed by atoms with Crippen LogP contribution in [-0.2, 0) is 0 Å². The molecule has 0 radical (unpaired) electrons. The van der Waals surface area contributed by atoms with E-state index in [9.17, 15) is 0 Å². The molecule has 0 saturated heterocycles. The molecule has 1 atom stereocenters. The van der Waals surface area contributed by atoms with E-state index in [1.165, 1.54) is 24.2 Å². The first-order valence-corrected chi connectivity index (χ1v) is 14.6. The van der Waals surface area contributed by atoms with Crippen LogP contribution < -0.4 is 27.3 Å². The number of fused-ring (bicyclic) bond motifs is 2. The van der Waals surface area contributed by atoms with Crippen molar-refractivity contribution in [2.75, 3.05) is 22.9 Å². The monoisotopic (exact) mass is 602 g/mol. The Morgan fingerprint density at radius 1 is 1.31 bits per heavy atom. The summed E-state index contributed by atoms with van der Waals surface area (Å²) in [6, 6.07) is 10.7. The van der Waals surface area contributed by atoms with E-state index >= 15 is 0 Å². The van der Waals surface area contributed by atoms with E-state index in [2.05, 4.69) is 104 Å². The predicted molar refractivity (Wildman–Crippen MR) is 165 cm³/mol. The lowest BCUT2D eigenvalue weighted by Crippen LogP contribution is -2.38. The van der Waals surface area contributed by atoms with Crippen LogP contribution in [0.5, 0.6) is 0 Å². The van der Waals surface area contributed by atoms with E-state index < -0.39 is 0 Å². The molecule has 1 saturated carbocycles. The van der Waals surface area contributed by atoms with Gasteiger partial charge in [0.2, 0.25) is 0 Å². The lowest BCUT2D eigenvalue weighted by molar-refractivity contribution is 0.260. The summed E-state index contributed by atoms with van der Waals surface area (Å²) in [5.41, 5.74) is 19.3. The van der Waals surface area contributed by atoms with Crippen molar-refractivity contribution in [1.29, 1.82) is 0 Å². The number of pyridine rings is 1. The third-order valence-corrected chi connectivity index (χ3v) is 8.37. The maximum Gasteiger partial charge on any atom is 0.181 e. The average molecular weight is 604 g/mol. The van der Waals surface area contributed by atoms with Crippen molar-refractivity contribution in [1.82, 2.24) is 25.9 Å². The van der Waals surface area contributed by atoms with Crippen molar-refractivity contribution in [2.45, 2.75) is 45.7 Å². The van der Waals surface area contributed by atoms with Crippen molar-refractivity contribution >= 4 is 64.9 Å². The normalized spacial score (nSPS) is 16.2. The summed E-state index contributed by atoms with van der Waals surface area (Å²) in [6.45, 7) is 7.36. The second-order valence-electron chi connectivity index (χ2n) is 11.2. The third-order valence-electron chi connectivity index (χ3n) is 6.82. The summed E-state index contributed by atoms with van der Waals surface area (Å²) in [7, 11) is 0. The van der Waals surface area contributed by atoms with Crippen molar-refractivity contribution in [2.24, 2.45) is 5.41 Å². The number of thiazole rings is 1. The number of halogens is 1. The van der Waals surface area contributed by atoms with Crippen molar-refractivity contribution in [3.8, 4) is 12.3 Å². The highest BCUT2D eigenvalue weighted by Gasteiger charge is 2.33. The quantitative estimate of drug-likeness (QED) is 0.161. The van der Waals surface area contributed by atoms with Gasteiger partial charge in [-0.15, -0.1) is 12.0 Å². The first-order valence-electron chi connectivity index (χ1n) is 13.0. The van der Waals surface area contributed by atoms with Crippen LogP contribution in [0.15, 0.2) is 52.9 Å². The molecule has 8 nitrogen and oxygen atoms in total. The van der Waals surface area contributed by atoms with Crippen molar-refractivity contribution in [3.05, 3.63) is 64.0 Å². The highest BCUT2D eigenvalue weighted by atomic mass is 79.9. The largest absolute Gasteiger partial charge is 0.383 e. The van der Waals surface area contributed by atoms with Gasteiger partial charge in [0.1, 0.15) is 0 Å². The first-order chi connectivity index (χ1) is 18.7. The van der Waals surface area contributed by atoms with Gasteiger partial charge in [0.15, 0.2) is 5.13 Å². The van der Waals surface area contributed by atoms with Crippen LogP contribution in [0.3, 0.4) is 0 Å². The Labute approximate surface area is 240 Å². The van der Waals surface area contributed by atoms with Gasteiger partial charge in [-0.1, -0.05) is 50.2 Å².